The Labute approximate surface area is 172 Å². The number of ether oxygens (including phenoxy) is 1. The van der Waals surface area contributed by atoms with Gasteiger partial charge < -0.3 is 16.2 Å². The fourth-order valence-electron chi connectivity index (χ4n) is 2.02. The predicted molar refractivity (Wildman–Crippen MR) is 118 cm³/mol. The number of nitroso groups, excluding NO2 is 1. The quantitative estimate of drug-likeness (QED) is 0.187. The number of benzene rings is 2. The zero-order chi connectivity index (χ0) is 19.1. The molecule has 136 valence electrons. The number of nitrogens with two attached hydrogens (primary N) is 2. The van der Waals surface area contributed by atoms with Gasteiger partial charge in [0, 0.05) is 26.2 Å². The van der Waals surface area contributed by atoms with Gasteiger partial charge in [-0.2, -0.15) is 0 Å². The molecule has 0 aromatic heterocycles. The number of amidine groups is 2. The summed E-state index contributed by atoms with van der Waals surface area (Å²) in [6, 6.07) is 10.6. The Morgan fingerprint density at radius 2 is 1.54 bits per heavy atom. The van der Waals surface area contributed by atoms with Crippen LogP contribution in [0.15, 0.2) is 41.6 Å². The molecule has 0 aliphatic heterocycles. The van der Waals surface area contributed by atoms with Crippen LogP contribution in [-0.2, 0) is 11.5 Å². The van der Waals surface area contributed by atoms with E-state index in [0.717, 1.165) is 20.9 Å². The van der Waals surface area contributed by atoms with Crippen molar-refractivity contribution in [2.75, 3.05) is 0 Å². The van der Waals surface area contributed by atoms with Gasteiger partial charge >= 0.3 is 0 Å². The minimum absolute atomic E-state index is 0.0202. The maximum absolute atomic E-state index is 10.8. The van der Waals surface area contributed by atoms with Gasteiger partial charge in [-0.25, -0.2) is 0 Å². The highest BCUT2D eigenvalue weighted by Gasteiger charge is 2.12. The van der Waals surface area contributed by atoms with Gasteiger partial charge in [0.15, 0.2) is 10.3 Å². The molecule has 0 bridgehead atoms. The molecule has 0 atom stereocenters. The van der Waals surface area contributed by atoms with Crippen LogP contribution in [0.2, 0.25) is 0 Å². The highest BCUT2D eigenvalue weighted by atomic mass is 127. The van der Waals surface area contributed by atoms with E-state index in [9.17, 15) is 4.91 Å². The molecule has 10 heteroatoms. The van der Waals surface area contributed by atoms with Crippen molar-refractivity contribution in [3.8, 4) is 11.5 Å². The van der Waals surface area contributed by atoms with Gasteiger partial charge in [0.05, 0.1) is 0 Å². The summed E-state index contributed by atoms with van der Waals surface area (Å²) in [7, 11) is 0. The molecule has 0 heterocycles. The molecule has 6 N–H and O–H groups in total. The zero-order valence-electron chi connectivity index (χ0n) is 13.5. The van der Waals surface area contributed by atoms with Crippen LogP contribution in [0.25, 0.3) is 0 Å². The third kappa shape index (κ3) is 6.18. The average Bonchev–Trinajstić information content (AvgIpc) is 2.60. The van der Waals surface area contributed by atoms with Crippen LogP contribution in [0.1, 0.15) is 11.1 Å². The first-order valence-corrected chi connectivity index (χ1v) is 10.3. The van der Waals surface area contributed by atoms with Crippen molar-refractivity contribution in [2.45, 2.75) is 11.5 Å². The van der Waals surface area contributed by atoms with E-state index in [4.69, 9.17) is 27.0 Å². The van der Waals surface area contributed by atoms with Crippen LogP contribution >= 0.6 is 46.1 Å². The standard InChI is InChI=1S/C16H16IN5O2S2/c17-11-1-3-13(9(5-11)7-25-15(18)19)24-14-4-2-12(22-23)6-10(14)8-26-16(20)21/h1-6H,7-8H2,(H3,18,19)(H3,20,21). The monoisotopic (exact) mass is 501 g/mol. The van der Waals surface area contributed by atoms with Gasteiger partial charge in [-0.15, -0.1) is 4.91 Å². The molecule has 26 heavy (non-hydrogen) atoms. The number of hydrogen-bond acceptors (Lipinski definition) is 7. The highest BCUT2D eigenvalue weighted by Crippen LogP contribution is 2.34. The lowest BCUT2D eigenvalue weighted by Crippen LogP contribution is -2.05. The molecule has 7 nitrogen and oxygen atoms in total. The SMILES string of the molecule is N=C(N)SCc1cc(I)ccc1Oc1ccc(N=O)cc1CSC(=N)N. The first kappa shape index (κ1) is 20.5. The molecule has 0 aliphatic rings. The average molecular weight is 501 g/mol. The summed E-state index contributed by atoms with van der Waals surface area (Å²) in [6.45, 7) is 0. The number of nitrogens with zero attached hydrogens (tertiary/aromatic N) is 1. The molecule has 0 spiro atoms. The fraction of sp³-hybridized carbons (Fsp3) is 0.125. The predicted octanol–water partition coefficient (Wildman–Crippen LogP) is 4.73. The van der Waals surface area contributed by atoms with E-state index in [1.165, 1.54) is 11.8 Å². The number of nitrogens with one attached hydrogen (secondary N) is 2. The van der Waals surface area contributed by atoms with E-state index in [2.05, 4.69) is 27.8 Å². The van der Waals surface area contributed by atoms with Gasteiger partial charge in [0.1, 0.15) is 17.2 Å². The zero-order valence-corrected chi connectivity index (χ0v) is 17.3. The van der Waals surface area contributed by atoms with Crippen molar-refractivity contribution in [2.24, 2.45) is 16.6 Å². The van der Waals surface area contributed by atoms with Gasteiger partial charge in [-0.3, -0.25) is 10.8 Å². The largest absolute Gasteiger partial charge is 0.457 e. The summed E-state index contributed by atoms with van der Waals surface area (Å²) < 4.78 is 7.11. The second-order valence-electron chi connectivity index (χ2n) is 5.04. The first-order valence-electron chi connectivity index (χ1n) is 7.25. The Balaban J connectivity index is 2.33. The van der Waals surface area contributed by atoms with Crippen molar-refractivity contribution < 1.29 is 4.74 Å². The third-order valence-corrected chi connectivity index (χ3v) is 5.36. The van der Waals surface area contributed by atoms with Crippen molar-refractivity contribution >= 4 is 62.1 Å². The van der Waals surface area contributed by atoms with Gasteiger partial charge in [-0.1, -0.05) is 23.5 Å². The Morgan fingerprint density at radius 3 is 2.08 bits per heavy atom. The van der Waals surface area contributed by atoms with E-state index in [1.807, 2.05) is 18.2 Å². The number of hydrogen-bond donors (Lipinski definition) is 4. The molecule has 0 saturated carbocycles. The molecule has 0 aliphatic carbocycles. The molecule has 0 amide bonds. The first-order chi connectivity index (χ1) is 12.4. The second-order valence-corrected chi connectivity index (χ2v) is 8.32. The van der Waals surface area contributed by atoms with Crippen LogP contribution in [0.5, 0.6) is 11.5 Å². The Morgan fingerprint density at radius 1 is 1.00 bits per heavy atom. The Kier molecular flexibility index (Phi) is 7.72. The molecule has 0 unspecified atom stereocenters. The van der Waals surface area contributed by atoms with Crippen molar-refractivity contribution in [1.29, 1.82) is 10.8 Å². The van der Waals surface area contributed by atoms with Crippen LogP contribution in [0.4, 0.5) is 5.69 Å². The molecule has 0 saturated heterocycles. The lowest BCUT2D eigenvalue weighted by molar-refractivity contribution is 0.474. The number of thioether (sulfide) groups is 2. The third-order valence-electron chi connectivity index (χ3n) is 3.16. The van der Waals surface area contributed by atoms with E-state index >= 15 is 0 Å². The van der Waals surface area contributed by atoms with E-state index < -0.39 is 0 Å². The molecule has 2 aromatic carbocycles. The van der Waals surface area contributed by atoms with Crippen molar-refractivity contribution in [3.05, 3.63) is 56.0 Å². The second kappa shape index (κ2) is 9.78. The van der Waals surface area contributed by atoms with Crippen LogP contribution in [-0.4, -0.2) is 10.3 Å². The summed E-state index contributed by atoms with van der Waals surface area (Å²) in [5.74, 6) is 2.09. The van der Waals surface area contributed by atoms with Crippen molar-refractivity contribution in [3.63, 3.8) is 0 Å². The van der Waals surface area contributed by atoms with Gasteiger partial charge in [-0.05, 0) is 64.2 Å². The van der Waals surface area contributed by atoms with E-state index in [1.54, 1.807) is 18.2 Å². The molecule has 0 radical (unpaired) electrons. The minimum atomic E-state index is -0.0202. The highest BCUT2D eigenvalue weighted by molar-refractivity contribution is 14.1. The van der Waals surface area contributed by atoms with Gasteiger partial charge in [0.25, 0.3) is 0 Å². The minimum Gasteiger partial charge on any atom is -0.457 e. The molecule has 2 rings (SSSR count). The fourth-order valence-corrected chi connectivity index (χ4v) is 3.65. The number of rotatable bonds is 7. The molecular formula is C16H16IN5O2S2. The normalized spacial score (nSPS) is 10.3. The lowest BCUT2D eigenvalue weighted by Gasteiger charge is -2.14. The Hall–Kier alpha value is -1.79. The maximum atomic E-state index is 10.8. The van der Waals surface area contributed by atoms with E-state index in [0.29, 0.717) is 28.6 Å². The molecule has 2 aromatic rings. The summed E-state index contributed by atoms with van der Waals surface area (Å²) in [6.07, 6.45) is 0. The topological polar surface area (TPSA) is 138 Å². The van der Waals surface area contributed by atoms with Gasteiger partial charge in [0.2, 0.25) is 0 Å². The van der Waals surface area contributed by atoms with Crippen LogP contribution < -0.4 is 16.2 Å². The smallest absolute Gasteiger partial charge is 0.151 e. The summed E-state index contributed by atoms with van der Waals surface area (Å²) in [4.78, 5) is 10.8. The number of halogens is 1. The maximum Gasteiger partial charge on any atom is 0.151 e. The van der Waals surface area contributed by atoms with E-state index in [-0.39, 0.29) is 16.0 Å². The Bertz CT molecular complexity index is 847. The lowest BCUT2D eigenvalue weighted by atomic mass is 10.2. The summed E-state index contributed by atoms with van der Waals surface area (Å²) in [5, 5.41) is 17.7. The molecule has 0 fully saturated rings. The summed E-state index contributed by atoms with van der Waals surface area (Å²) >= 11 is 4.56. The summed E-state index contributed by atoms with van der Waals surface area (Å²) in [5.41, 5.74) is 12.7. The van der Waals surface area contributed by atoms with Crippen molar-refractivity contribution in [1.82, 2.24) is 0 Å². The van der Waals surface area contributed by atoms with Crippen LogP contribution in [0, 0.1) is 19.3 Å². The molecular weight excluding hydrogens is 485 g/mol. The van der Waals surface area contributed by atoms with Crippen LogP contribution in [0.3, 0.4) is 0 Å².